The van der Waals surface area contributed by atoms with Crippen LogP contribution in [0.25, 0.3) is 16.8 Å². The van der Waals surface area contributed by atoms with Crippen LogP contribution < -0.4 is 5.32 Å². The summed E-state index contributed by atoms with van der Waals surface area (Å²) in [6.45, 7) is 8.24. The van der Waals surface area contributed by atoms with Gasteiger partial charge in [0.25, 0.3) is 0 Å². The van der Waals surface area contributed by atoms with Crippen LogP contribution in [0, 0.1) is 12.7 Å². The molecule has 0 aliphatic rings. The van der Waals surface area contributed by atoms with Crippen LogP contribution in [0.4, 0.5) is 4.39 Å². The summed E-state index contributed by atoms with van der Waals surface area (Å²) in [7, 11) is 0. The number of halogens is 1. The minimum Gasteiger partial charge on any atom is -0.383 e. The van der Waals surface area contributed by atoms with Gasteiger partial charge in [0.15, 0.2) is 0 Å². The molecule has 0 bridgehead atoms. The van der Waals surface area contributed by atoms with Gasteiger partial charge in [-0.1, -0.05) is 49.0 Å². The van der Waals surface area contributed by atoms with Crippen molar-refractivity contribution in [2.24, 2.45) is 0 Å². The van der Waals surface area contributed by atoms with Crippen LogP contribution in [0.3, 0.4) is 0 Å². The first-order valence-corrected chi connectivity index (χ1v) is 9.25. The van der Waals surface area contributed by atoms with Crippen molar-refractivity contribution in [2.45, 2.75) is 32.7 Å². The van der Waals surface area contributed by atoms with Gasteiger partial charge in [-0.2, -0.15) is 0 Å². The Bertz CT molecular complexity index is 898. The Morgan fingerprint density at radius 1 is 1.07 bits per heavy atom. The van der Waals surface area contributed by atoms with Crippen molar-refractivity contribution in [1.29, 1.82) is 0 Å². The van der Waals surface area contributed by atoms with Gasteiger partial charge in [0, 0.05) is 34.8 Å². The number of aryl methyl sites for hydroxylation is 2. The van der Waals surface area contributed by atoms with E-state index >= 15 is 0 Å². The number of benzene rings is 2. The fourth-order valence-electron chi connectivity index (χ4n) is 3.03. The number of nitrogens with zero attached hydrogens (tertiary/aromatic N) is 1. The molecule has 1 N–H and O–H groups in total. The van der Waals surface area contributed by atoms with Gasteiger partial charge in [-0.3, -0.25) is 4.98 Å². The first-order valence-electron chi connectivity index (χ1n) is 9.25. The van der Waals surface area contributed by atoms with Gasteiger partial charge >= 0.3 is 0 Å². The van der Waals surface area contributed by atoms with E-state index in [-0.39, 0.29) is 5.82 Å². The molecule has 1 unspecified atom stereocenters. The Morgan fingerprint density at radius 2 is 1.81 bits per heavy atom. The van der Waals surface area contributed by atoms with Crippen LogP contribution in [0.1, 0.15) is 30.2 Å². The molecule has 1 heterocycles. The van der Waals surface area contributed by atoms with Gasteiger partial charge in [0.05, 0.1) is 0 Å². The molecule has 3 heteroatoms. The maximum absolute atomic E-state index is 13.9. The van der Waals surface area contributed by atoms with E-state index in [1.807, 2.05) is 49.5 Å². The lowest BCUT2D eigenvalue weighted by molar-refractivity contribution is 0.597. The number of rotatable bonds is 7. The van der Waals surface area contributed by atoms with E-state index in [4.69, 9.17) is 0 Å². The number of pyridine rings is 1. The second-order valence-corrected chi connectivity index (χ2v) is 6.93. The fraction of sp³-hybridized carbons (Fsp3) is 0.208. The van der Waals surface area contributed by atoms with Gasteiger partial charge < -0.3 is 5.32 Å². The Balaban J connectivity index is 1.54. The van der Waals surface area contributed by atoms with Gasteiger partial charge in [-0.25, -0.2) is 4.39 Å². The summed E-state index contributed by atoms with van der Waals surface area (Å²) in [5.74, 6) is -0.188. The molecule has 0 amide bonds. The number of hydrogen-bond donors (Lipinski definition) is 1. The summed E-state index contributed by atoms with van der Waals surface area (Å²) in [6, 6.07) is 19.3. The minimum absolute atomic E-state index is 0.188. The zero-order valence-corrected chi connectivity index (χ0v) is 15.9. The van der Waals surface area contributed by atoms with Crippen molar-refractivity contribution in [3.63, 3.8) is 0 Å². The normalized spacial score (nSPS) is 11.8. The van der Waals surface area contributed by atoms with E-state index in [1.54, 1.807) is 6.07 Å². The number of hydrogen-bond acceptors (Lipinski definition) is 2. The number of aromatic nitrogens is 1. The Labute approximate surface area is 160 Å². The van der Waals surface area contributed by atoms with Crippen molar-refractivity contribution >= 4 is 5.70 Å². The molecule has 3 rings (SSSR count). The van der Waals surface area contributed by atoms with Crippen LogP contribution in [0.5, 0.6) is 0 Å². The molecule has 0 fully saturated rings. The molecule has 0 saturated carbocycles. The highest BCUT2D eigenvalue weighted by atomic mass is 19.1. The van der Waals surface area contributed by atoms with Crippen molar-refractivity contribution in [2.75, 3.05) is 0 Å². The average molecular weight is 360 g/mol. The minimum atomic E-state index is -0.188. The molecular weight excluding hydrogens is 335 g/mol. The van der Waals surface area contributed by atoms with Crippen molar-refractivity contribution in [3.8, 4) is 11.1 Å². The summed E-state index contributed by atoms with van der Waals surface area (Å²) < 4.78 is 13.9. The van der Waals surface area contributed by atoms with Crippen molar-refractivity contribution in [3.05, 3.63) is 96.1 Å². The Morgan fingerprint density at radius 3 is 2.48 bits per heavy atom. The lowest BCUT2D eigenvalue weighted by atomic mass is 10.0. The second-order valence-electron chi connectivity index (χ2n) is 6.93. The van der Waals surface area contributed by atoms with E-state index in [0.717, 1.165) is 35.4 Å². The highest BCUT2D eigenvalue weighted by Gasteiger charge is 2.07. The van der Waals surface area contributed by atoms with Gasteiger partial charge in [-0.05, 0) is 56.0 Å². The number of nitrogens with one attached hydrogen (secondary N) is 1. The molecule has 0 spiro atoms. The highest BCUT2D eigenvalue weighted by molar-refractivity contribution is 5.64. The van der Waals surface area contributed by atoms with E-state index in [9.17, 15) is 4.39 Å². The first kappa shape index (κ1) is 18.8. The highest BCUT2D eigenvalue weighted by Crippen LogP contribution is 2.23. The molecule has 0 aliphatic carbocycles. The summed E-state index contributed by atoms with van der Waals surface area (Å²) in [4.78, 5) is 4.31. The molecule has 1 aromatic heterocycles. The third kappa shape index (κ3) is 5.04. The van der Waals surface area contributed by atoms with Crippen molar-refractivity contribution < 1.29 is 4.39 Å². The molecule has 138 valence electrons. The maximum Gasteiger partial charge on any atom is 0.131 e. The molecule has 2 nitrogen and oxygen atoms in total. The molecule has 27 heavy (non-hydrogen) atoms. The predicted octanol–water partition coefficient (Wildman–Crippen LogP) is 5.78. The lowest BCUT2D eigenvalue weighted by Crippen LogP contribution is -2.24. The van der Waals surface area contributed by atoms with Crippen LogP contribution >= 0.6 is 0 Å². The van der Waals surface area contributed by atoms with Crippen molar-refractivity contribution in [1.82, 2.24) is 10.3 Å². The topological polar surface area (TPSA) is 24.9 Å². The quantitative estimate of drug-likeness (QED) is 0.578. The first-order chi connectivity index (χ1) is 13.0. The molecular formula is C24H25FN2. The predicted molar refractivity (Wildman–Crippen MR) is 111 cm³/mol. The van der Waals surface area contributed by atoms with E-state index in [1.165, 1.54) is 11.6 Å². The molecule has 2 aromatic carbocycles. The van der Waals surface area contributed by atoms with E-state index in [2.05, 4.69) is 35.9 Å². The Hall–Kier alpha value is -2.94. The largest absolute Gasteiger partial charge is 0.383 e. The zero-order chi connectivity index (χ0) is 19.2. The van der Waals surface area contributed by atoms with Crippen LogP contribution in [0.15, 0.2) is 73.4 Å². The second kappa shape index (κ2) is 8.63. The fourth-order valence-corrected chi connectivity index (χ4v) is 3.03. The standard InChI is InChI=1S/C24H25FN2/c1-17-9-13-22(16-26-17)19(3)27-18(2)8-10-20-11-14-21(15-12-20)23-6-4-5-7-24(23)25/h4-7,9,11-16,18,27H,3,8,10H2,1-2H3. The molecule has 1 atom stereocenters. The van der Waals surface area contributed by atoms with Gasteiger partial charge in [0.1, 0.15) is 5.82 Å². The summed E-state index contributed by atoms with van der Waals surface area (Å²) in [6.07, 6.45) is 3.78. The van der Waals surface area contributed by atoms with Crippen LogP contribution in [-0.4, -0.2) is 11.0 Å². The van der Waals surface area contributed by atoms with Gasteiger partial charge in [-0.15, -0.1) is 0 Å². The van der Waals surface area contributed by atoms with Crippen LogP contribution in [-0.2, 0) is 6.42 Å². The SMILES string of the molecule is C=C(NC(C)CCc1ccc(-c2ccccc2F)cc1)c1ccc(C)nc1. The monoisotopic (exact) mass is 360 g/mol. The smallest absolute Gasteiger partial charge is 0.131 e. The summed E-state index contributed by atoms with van der Waals surface area (Å²) in [5.41, 5.74) is 5.70. The third-order valence-electron chi connectivity index (χ3n) is 4.69. The third-order valence-corrected chi connectivity index (χ3v) is 4.69. The summed E-state index contributed by atoms with van der Waals surface area (Å²) >= 11 is 0. The molecule has 0 aliphatic heterocycles. The lowest BCUT2D eigenvalue weighted by Gasteiger charge is -2.17. The summed E-state index contributed by atoms with van der Waals surface area (Å²) in [5, 5.41) is 3.45. The van der Waals surface area contributed by atoms with E-state index < -0.39 is 0 Å². The van der Waals surface area contributed by atoms with Gasteiger partial charge in [0.2, 0.25) is 0 Å². The average Bonchev–Trinajstić information content (AvgIpc) is 2.68. The Kier molecular flexibility index (Phi) is 6.02. The maximum atomic E-state index is 13.9. The van der Waals surface area contributed by atoms with Crippen LogP contribution in [0.2, 0.25) is 0 Å². The zero-order valence-electron chi connectivity index (χ0n) is 15.9. The molecule has 0 saturated heterocycles. The molecule has 0 radical (unpaired) electrons. The molecule has 3 aromatic rings. The van der Waals surface area contributed by atoms with E-state index in [0.29, 0.717) is 11.6 Å².